The quantitative estimate of drug-likeness (QED) is 0.481. The molecule has 0 aromatic carbocycles. The number of rotatable bonds is 4. The minimum absolute atomic E-state index is 0.588. The van der Waals surface area contributed by atoms with Gasteiger partial charge in [0, 0.05) is 12.2 Å². The Balaban J connectivity index is 2.08. The summed E-state index contributed by atoms with van der Waals surface area (Å²) in [4.78, 5) is 15.3. The Kier molecular flexibility index (Phi) is 3.15. The van der Waals surface area contributed by atoms with Gasteiger partial charge in [-0.05, 0) is 6.42 Å². The van der Waals surface area contributed by atoms with Gasteiger partial charge in [0.05, 0.1) is 12.4 Å². The lowest BCUT2D eigenvalue weighted by atomic mass is 10.4. The Morgan fingerprint density at radius 2 is 2.33 bits per heavy atom. The lowest BCUT2D eigenvalue weighted by molar-refractivity contribution is 0.976. The third-order valence-corrected chi connectivity index (χ3v) is 2.94. The standard InChI is InChI=1S/C9H9N5S/c10-3-1-2-4-15-9-7-8(12-5-11-7)13-6-14-9/h5-6H,1-2,4H2,(H,11,12,13,14). The molecule has 0 fully saturated rings. The fourth-order valence-electron chi connectivity index (χ4n) is 1.17. The predicted octanol–water partition coefficient (Wildman–Crippen LogP) is 1.75. The smallest absolute Gasteiger partial charge is 0.181 e. The number of imidazole rings is 1. The molecule has 0 spiro atoms. The molecule has 0 saturated heterocycles. The highest BCUT2D eigenvalue weighted by molar-refractivity contribution is 7.99. The number of hydrogen-bond donors (Lipinski definition) is 1. The third kappa shape index (κ3) is 2.25. The van der Waals surface area contributed by atoms with Crippen molar-refractivity contribution < 1.29 is 0 Å². The van der Waals surface area contributed by atoms with Crippen LogP contribution in [0.15, 0.2) is 17.7 Å². The van der Waals surface area contributed by atoms with Gasteiger partial charge in [0.15, 0.2) is 5.65 Å². The van der Waals surface area contributed by atoms with Crippen molar-refractivity contribution in [3.8, 4) is 6.07 Å². The van der Waals surface area contributed by atoms with Crippen molar-refractivity contribution in [2.75, 3.05) is 5.75 Å². The van der Waals surface area contributed by atoms with Crippen molar-refractivity contribution in [3.05, 3.63) is 12.7 Å². The second-order valence-corrected chi connectivity index (χ2v) is 3.97. The van der Waals surface area contributed by atoms with E-state index in [1.807, 2.05) is 0 Å². The molecule has 0 aliphatic heterocycles. The van der Waals surface area contributed by atoms with Crippen LogP contribution in [0.4, 0.5) is 0 Å². The van der Waals surface area contributed by atoms with Crippen LogP contribution in [0.2, 0.25) is 0 Å². The van der Waals surface area contributed by atoms with E-state index in [9.17, 15) is 0 Å². The first-order valence-corrected chi connectivity index (χ1v) is 5.54. The first-order chi connectivity index (χ1) is 7.42. The Morgan fingerprint density at radius 1 is 1.40 bits per heavy atom. The summed E-state index contributed by atoms with van der Waals surface area (Å²) in [6.45, 7) is 0. The SMILES string of the molecule is N#CCCCSc1ncnc2nc[nH]c12. The molecule has 2 aromatic heterocycles. The number of thioether (sulfide) groups is 1. The van der Waals surface area contributed by atoms with Gasteiger partial charge in [-0.25, -0.2) is 15.0 Å². The second-order valence-electron chi connectivity index (χ2n) is 2.89. The summed E-state index contributed by atoms with van der Waals surface area (Å²) in [5, 5.41) is 9.30. The van der Waals surface area contributed by atoms with Crippen LogP contribution in [-0.4, -0.2) is 25.7 Å². The zero-order chi connectivity index (χ0) is 10.5. The van der Waals surface area contributed by atoms with Crippen LogP contribution < -0.4 is 0 Å². The fraction of sp³-hybridized carbons (Fsp3) is 0.333. The van der Waals surface area contributed by atoms with E-state index < -0.39 is 0 Å². The summed E-state index contributed by atoms with van der Waals surface area (Å²) >= 11 is 1.62. The van der Waals surface area contributed by atoms with Crippen molar-refractivity contribution in [2.24, 2.45) is 0 Å². The van der Waals surface area contributed by atoms with E-state index in [1.165, 1.54) is 6.33 Å². The summed E-state index contributed by atoms with van der Waals surface area (Å²) in [6, 6.07) is 2.12. The first-order valence-electron chi connectivity index (χ1n) is 4.55. The number of aromatic nitrogens is 4. The first kappa shape index (κ1) is 9.93. The topological polar surface area (TPSA) is 78.2 Å². The van der Waals surface area contributed by atoms with Gasteiger partial charge in [-0.15, -0.1) is 11.8 Å². The lowest BCUT2D eigenvalue weighted by Gasteiger charge is -1.98. The van der Waals surface area contributed by atoms with Crippen molar-refractivity contribution in [1.82, 2.24) is 19.9 Å². The van der Waals surface area contributed by atoms with Crippen molar-refractivity contribution in [1.29, 1.82) is 5.26 Å². The zero-order valence-electron chi connectivity index (χ0n) is 7.97. The summed E-state index contributed by atoms with van der Waals surface area (Å²) in [5.74, 6) is 0.888. The highest BCUT2D eigenvalue weighted by atomic mass is 32.2. The molecule has 0 atom stereocenters. The van der Waals surface area contributed by atoms with Gasteiger partial charge in [0.1, 0.15) is 16.9 Å². The molecule has 5 nitrogen and oxygen atoms in total. The largest absolute Gasteiger partial charge is 0.341 e. The van der Waals surface area contributed by atoms with Gasteiger partial charge in [0.2, 0.25) is 0 Å². The summed E-state index contributed by atoms with van der Waals surface area (Å²) in [5.41, 5.74) is 1.56. The molecule has 76 valence electrons. The van der Waals surface area contributed by atoms with E-state index in [1.54, 1.807) is 18.1 Å². The maximum Gasteiger partial charge on any atom is 0.181 e. The Morgan fingerprint density at radius 3 is 3.20 bits per heavy atom. The van der Waals surface area contributed by atoms with Gasteiger partial charge in [-0.2, -0.15) is 5.26 Å². The molecule has 6 heteroatoms. The average molecular weight is 219 g/mol. The highest BCUT2D eigenvalue weighted by Gasteiger charge is 2.05. The number of aromatic amines is 1. The van der Waals surface area contributed by atoms with Crippen LogP contribution in [0.25, 0.3) is 11.2 Å². The molecule has 0 saturated carbocycles. The second kappa shape index (κ2) is 4.75. The van der Waals surface area contributed by atoms with E-state index in [2.05, 4.69) is 26.0 Å². The third-order valence-electron chi connectivity index (χ3n) is 1.86. The molecule has 0 amide bonds. The molecule has 2 rings (SSSR count). The summed E-state index contributed by atoms with van der Waals surface area (Å²) < 4.78 is 0. The van der Waals surface area contributed by atoms with Crippen LogP contribution in [0.5, 0.6) is 0 Å². The zero-order valence-corrected chi connectivity index (χ0v) is 8.79. The van der Waals surface area contributed by atoms with E-state index in [0.29, 0.717) is 12.1 Å². The van der Waals surface area contributed by atoms with Crippen LogP contribution >= 0.6 is 11.8 Å². The number of nitrogens with zero attached hydrogens (tertiary/aromatic N) is 4. The van der Waals surface area contributed by atoms with E-state index in [-0.39, 0.29) is 0 Å². The molecule has 0 radical (unpaired) electrons. The number of hydrogen-bond acceptors (Lipinski definition) is 5. The Labute approximate surface area is 91.0 Å². The molecule has 0 aliphatic carbocycles. The fourth-order valence-corrected chi connectivity index (χ4v) is 2.07. The van der Waals surface area contributed by atoms with E-state index in [4.69, 9.17) is 5.26 Å². The molecule has 1 N–H and O–H groups in total. The minimum Gasteiger partial charge on any atom is -0.341 e. The number of nitrogens with one attached hydrogen (secondary N) is 1. The molecule has 2 heterocycles. The molecular formula is C9H9N5S. The minimum atomic E-state index is 0.588. The normalized spacial score (nSPS) is 10.3. The monoisotopic (exact) mass is 219 g/mol. The van der Waals surface area contributed by atoms with Crippen LogP contribution in [0, 0.1) is 11.3 Å². The van der Waals surface area contributed by atoms with Crippen molar-refractivity contribution in [3.63, 3.8) is 0 Å². The van der Waals surface area contributed by atoms with Crippen LogP contribution in [0.3, 0.4) is 0 Å². The highest BCUT2D eigenvalue weighted by Crippen LogP contribution is 2.22. The van der Waals surface area contributed by atoms with Crippen molar-refractivity contribution in [2.45, 2.75) is 17.9 Å². The predicted molar refractivity (Wildman–Crippen MR) is 57.3 cm³/mol. The summed E-state index contributed by atoms with van der Waals surface area (Å²) in [6.07, 6.45) is 4.58. The number of fused-ring (bicyclic) bond motifs is 1. The lowest BCUT2D eigenvalue weighted by Crippen LogP contribution is -1.87. The molecule has 0 aliphatic rings. The van der Waals surface area contributed by atoms with Gasteiger partial charge in [-0.1, -0.05) is 0 Å². The van der Waals surface area contributed by atoms with Gasteiger partial charge >= 0.3 is 0 Å². The average Bonchev–Trinajstić information content (AvgIpc) is 2.73. The number of nitriles is 1. The molecule has 0 bridgehead atoms. The van der Waals surface area contributed by atoms with Gasteiger partial charge in [-0.3, -0.25) is 0 Å². The Hall–Kier alpha value is -1.61. The van der Waals surface area contributed by atoms with Gasteiger partial charge < -0.3 is 4.98 Å². The molecule has 15 heavy (non-hydrogen) atoms. The molecule has 2 aromatic rings. The maximum absolute atomic E-state index is 8.40. The molecular weight excluding hydrogens is 210 g/mol. The van der Waals surface area contributed by atoms with E-state index in [0.717, 1.165) is 22.7 Å². The number of unbranched alkanes of at least 4 members (excludes halogenated alkanes) is 1. The maximum atomic E-state index is 8.40. The van der Waals surface area contributed by atoms with E-state index >= 15 is 0 Å². The Bertz CT molecular complexity index is 486. The summed E-state index contributed by atoms with van der Waals surface area (Å²) in [7, 11) is 0. The van der Waals surface area contributed by atoms with Crippen molar-refractivity contribution >= 4 is 22.9 Å². The van der Waals surface area contributed by atoms with Crippen LogP contribution in [-0.2, 0) is 0 Å². The number of H-pyrrole nitrogens is 1. The van der Waals surface area contributed by atoms with Crippen LogP contribution in [0.1, 0.15) is 12.8 Å². The van der Waals surface area contributed by atoms with Gasteiger partial charge in [0.25, 0.3) is 0 Å². The molecule has 0 unspecified atom stereocenters.